The number of pyridine rings is 1. The Kier molecular flexibility index (Phi) is 5.13. The van der Waals surface area contributed by atoms with E-state index < -0.39 is 0 Å². The molecule has 3 aromatic heterocycles. The number of nitrogens with one attached hydrogen (secondary N) is 1. The smallest absolute Gasteiger partial charge is 0.256 e. The lowest BCUT2D eigenvalue weighted by molar-refractivity contribution is 0.0953. The first kappa shape index (κ1) is 16.8. The summed E-state index contributed by atoms with van der Waals surface area (Å²) in [6.07, 6.45) is 8.73. The van der Waals surface area contributed by atoms with Crippen molar-refractivity contribution in [3.8, 4) is 5.82 Å². The molecule has 0 aliphatic heterocycles. The number of rotatable bonds is 7. The van der Waals surface area contributed by atoms with E-state index in [1.54, 1.807) is 33.8 Å². The summed E-state index contributed by atoms with van der Waals surface area (Å²) in [6, 6.07) is 8.93. The molecule has 0 aromatic carbocycles. The summed E-state index contributed by atoms with van der Waals surface area (Å²) in [5, 5.41) is 7.11. The van der Waals surface area contributed by atoms with Crippen molar-refractivity contribution < 1.29 is 4.79 Å². The van der Waals surface area contributed by atoms with Gasteiger partial charge < -0.3 is 14.5 Å². The highest BCUT2D eigenvalue weighted by molar-refractivity contribution is 5.97. The van der Waals surface area contributed by atoms with Gasteiger partial charge in [0.1, 0.15) is 11.4 Å². The lowest BCUT2D eigenvalue weighted by Crippen LogP contribution is -2.26. The molecule has 0 saturated carbocycles. The molecule has 3 rings (SSSR count). The number of unbranched alkanes of at least 4 members (excludes halogenated alkanes) is 1. The van der Waals surface area contributed by atoms with Crippen molar-refractivity contribution in [1.82, 2.24) is 24.2 Å². The second-order valence-electron chi connectivity index (χ2n) is 5.79. The molecule has 0 aliphatic carbocycles. The van der Waals surface area contributed by atoms with E-state index >= 15 is 0 Å². The standard InChI is InChI=1S/C18H21N5O2/c1-21-18(23-12-6-7-13-23)15(14-20-21)17(25)19-9-3-5-11-22-10-4-2-8-16(22)24/h2,4,6-8,10,12-14H,3,5,9,11H2,1H3,(H,19,25). The Morgan fingerprint density at radius 3 is 2.64 bits per heavy atom. The molecule has 25 heavy (non-hydrogen) atoms. The zero-order valence-corrected chi connectivity index (χ0v) is 14.1. The van der Waals surface area contributed by atoms with E-state index in [4.69, 9.17) is 0 Å². The minimum atomic E-state index is -0.145. The Morgan fingerprint density at radius 2 is 1.88 bits per heavy atom. The van der Waals surface area contributed by atoms with Gasteiger partial charge in [0, 0.05) is 44.8 Å². The topological polar surface area (TPSA) is 73.8 Å². The highest BCUT2D eigenvalue weighted by Gasteiger charge is 2.16. The van der Waals surface area contributed by atoms with E-state index in [0.717, 1.165) is 18.7 Å². The largest absolute Gasteiger partial charge is 0.352 e. The first-order chi connectivity index (χ1) is 12.2. The van der Waals surface area contributed by atoms with Crippen LogP contribution in [0.3, 0.4) is 0 Å². The number of carbonyl (C=O) groups is 1. The summed E-state index contributed by atoms with van der Waals surface area (Å²) >= 11 is 0. The minimum absolute atomic E-state index is 0.00161. The third-order valence-corrected chi connectivity index (χ3v) is 4.01. The highest BCUT2D eigenvalue weighted by Crippen LogP contribution is 2.13. The first-order valence-electron chi connectivity index (χ1n) is 8.26. The fourth-order valence-electron chi connectivity index (χ4n) is 2.72. The van der Waals surface area contributed by atoms with Crippen molar-refractivity contribution >= 4 is 5.91 Å². The van der Waals surface area contributed by atoms with Gasteiger partial charge in [-0.25, -0.2) is 0 Å². The van der Waals surface area contributed by atoms with Crippen LogP contribution in [-0.4, -0.2) is 31.4 Å². The van der Waals surface area contributed by atoms with E-state index in [1.165, 1.54) is 0 Å². The highest BCUT2D eigenvalue weighted by atomic mass is 16.1. The summed E-state index contributed by atoms with van der Waals surface area (Å²) < 4.78 is 5.22. The number of hydrogen-bond acceptors (Lipinski definition) is 3. The number of hydrogen-bond donors (Lipinski definition) is 1. The molecule has 3 heterocycles. The fourth-order valence-corrected chi connectivity index (χ4v) is 2.72. The quantitative estimate of drug-likeness (QED) is 0.664. The maximum Gasteiger partial charge on any atom is 0.256 e. The predicted octanol–water partition coefficient (Wildman–Crippen LogP) is 1.58. The predicted molar refractivity (Wildman–Crippen MR) is 94.8 cm³/mol. The third kappa shape index (κ3) is 3.88. The lowest BCUT2D eigenvalue weighted by atomic mass is 10.2. The van der Waals surface area contributed by atoms with Gasteiger partial charge in [-0.3, -0.25) is 14.3 Å². The van der Waals surface area contributed by atoms with E-state index in [-0.39, 0.29) is 11.5 Å². The monoisotopic (exact) mass is 339 g/mol. The normalized spacial score (nSPS) is 10.8. The minimum Gasteiger partial charge on any atom is -0.352 e. The summed E-state index contributed by atoms with van der Waals surface area (Å²) in [4.78, 5) is 24.0. The molecule has 0 bridgehead atoms. The Labute approximate surface area is 145 Å². The number of aryl methyl sites for hydroxylation is 2. The number of amides is 1. The van der Waals surface area contributed by atoms with Gasteiger partial charge in [-0.1, -0.05) is 6.07 Å². The molecule has 0 spiro atoms. The van der Waals surface area contributed by atoms with Gasteiger partial charge in [0.2, 0.25) is 5.56 Å². The molecule has 0 aliphatic rings. The van der Waals surface area contributed by atoms with Crippen molar-refractivity contribution in [2.24, 2.45) is 7.05 Å². The van der Waals surface area contributed by atoms with Crippen LogP contribution < -0.4 is 10.9 Å². The van der Waals surface area contributed by atoms with Gasteiger partial charge in [-0.05, 0) is 31.0 Å². The molecule has 3 aromatic rings. The first-order valence-corrected chi connectivity index (χ1v) is 8.26. The number of carbonyl (C=O) groups excluding carboxylic acids is 1. The van der Waals surface area contributed by atoms with Crippen LogP contribution in [0.25, 0.3) is 5.82 Å². The van der Waals surface area contributed by atoms with Crippen molar-refractivity contribution in [3.05, 3.63) is 71.0 Å². The zero-order chi connectivity index (χ0) is 17.6. The van der Waals surface area contributed by atoms with Crippen LogP contribution in [0.1, 0.15) is 23.2 Å². The van der Waals surface area contributed by atoms with Gasteiger partial charge in [-0.15, -0.1) is 0 Å². The van der Waals surface area contributed by atoms with Crippen LogP contribution >= 0.6 is 0 Å². The molecule has 130 valence electrons. The molecular weight excluding hydrogens is 318 g/mol. The molecular formula is C18H21N5O2. The number of nitrogens with zero attached hydrogens (tertiary/aromatic N) is 4. The van der Waals surface area contributed by atoms with Crippen LogP contribution in [-0.2, 0) is 13.6 Å². The van der Waals surface area contributed by atoms with E-state index in [1.807, 2.05) is 42.2 Å². The maximum atomic E-state index is 12.4. The zero-order valence-electron chi connectivity index (χ0n) is 14.1. The molecule has 0 radical (unpaired) electrons. The fraction of sp³-hybridized carbons (Fsp3) is 0.278. The molecule has 7 nitrogen and oxygen atoms in total. The van der Waals surface area contributed by atoms with Crippen molar-refractivity contribution in [2.45, 2.75) is 19.4 Å². The average Bonchev–Trinajstić information content (AvgIpc) is 3.25. The summed E-state index contributed by atoms with van der Waals surface area (Å²) in [7, 11) is 1.81. The molecule has 7 heteroatoms. The van der Waals surface area contributed by atoms with Gasteiger partial charge >= 0.3 is 0 Å². The Hall–Kier alpha value is -3.09. The number of aromatic nitrogens is 4. The molecule has 1 amide bonds. The van der Waals surface area contributed by atoms with E-state index in [0.29, 0.717) is 18.7 Å². The molecule has 0 atom stereocenters. The van der Waals surface area contributed by atoms with Crippen LogP contribution in [0, 0.1) is 0 Å². The van der Waals surface area contributed by atoms with E-state index in [2.05, 4.69) is 10.4 Å². The molecule has 1 N–H and O–H groups in total. The van der Waals surface area contributed by atoms with Crippen LogP contribution in [0.4, 0.5) is 0 Å². The average molecular weight is 339 g/mol. The van der Waals surface area contributed by atoms with Gasteiger partial charge in [-0.2, -0.15) is 5.10 Å². The summed E-state index contributed by atoms with van der Waals surface area (Å²) in [5.74, 6) is 0.590. The molecule has 0 fully saturated rings. The van der Waals surface area contributed by atoms with Gasteiger partial charge in [0.05, 0.1) is 6.20 Å². The van der Waals surface area contributed by atoms with Crippen LogP contribution in [0.15, 0.2) is 59.9 Å². The van der Waals surface area contributed by atoms with Crippen molar-refractivity contribution in [3.63, 3.8) is 0 Å². The lowest BCUT2D eigenvalue weighted by Gasteiger charge is -2.09. The Balaban J connectivity index is 1.52. The van der Waals surface area contributed by atoms with Crippen LogP contribution in [0.2, 0.25) is 0 Å². The summed E-state index contributed by atoms with van der Waals surface area (Å²) in [5.41, 5.74) is 0.538. The SMILES string of the molecule is Cn1ncc(C(=O)NCCCCn2ccccc2=O)c1-n1cccc1. The summed E-state index contributed by atoms with van der Waals surface area (Å²) in [6.45, 7) is 1.21. The third-order valence-electron chi connectivity index (χ3n) is 4.01. The molecule has 0 saturated heterocycles. The second kappa shape index (κ2) is 7.65. The Morgan fingerprint density at radius 1 is 1.12 bits per heavy atom. The Bertz CT molecular complexity index is 892. The molecule has 0 unspecified atom stereocenters. The second-order valence-corrected chi connectivity index (χ2v) is 5.79. The van der Waals surface area contributed by atoms with E-state index in [9.17, 15) is 9.59 Å². The van der Waals surface area contributed by atoms with Gasteiger partial charge in [0.15, 0.2) is 0 Å². The maximum absolute atomic E-state index is 12.4. The van der Waals surface area contributed by atoms with Crippen molar-refractivity contribution in [1.29, 1.82) is 0 Å². The van der Waals surface area contributed by atoms with Crippen molar-refractivity contribution in [2.75, 3.05) is 6.54 Å². The van der Waals surface area contributed by atoms with Gasteiger partial charge in [0.25, 0.3) is 5.91 Å². The van der Waals surface area contributed by atoms with Crippen LogP contribution in [0.5, 0.6) is 0 Å².